The molecule has 1 N–H and O–H groups in total. The van der Waals surface area contributed by atoms with Gasteiger partial charge in [-0.2, -0.15) is 0 Å². The summed E-state index contributed by atoms with van der Waals surface area (Å²) in [5.41, 5.74) is 2.54. The summed E-state index contributed by atoms with van der Waals surface area (Å²) in [6, 6.07) is 0. The van der Waals surface area contributed by atoms with Crippen molar-refractivity contribution in [1.29, 1.82) is 0 Å². The quantitative estimate of drug-likeness (QED) is 0.700. The van der Waals surface area contributed by atoms with Crippen molar-refractivity contribution in [2.75, 3.05) is 6.61 Å². The fraction of sp³-hybridized carbons (Fsp3) is 0.800. The Morgan fingerprint density at radius 1 is 1.29 bits per heavy atom. The summed E-state index contributed by atoms with van der Waals surface area (Å²) in [6.07, 6.45) is 13.5. The Kier molecular flexibility index (Phi) is 3.64. The molecule has 0 saturated heterocycles. The summed E-state index contributed by atoms with van der Waals surface area (Å²) in [4.78, 5) is 0. The van der Waals surface area contributed by atoms with E-state index in [4.69, 9.17) is 0 Å². The largest absolute Gasteiger partial charge is 0.396 e. The molecule has 2 fully saturated rings. The Bertz CT molecular complexity index is 464. The molecule has 0 radical (unpaired) electrons. The number of rotatable bonds is 2. The van der Waals surface area contributed by atoms with Crippen molar-refractivity contribution >= 4 is 0 Å². The van der Waals surface area contributed by atoms with Gasteiger partial charge in [-0.1, -0.05) is 44.9 Å². The van der Waals surface area contributed by atoms with E-state index < -0.39 is 0 Å². The molecule has 0 amide bonds. The first-order chi connectivity index (χ1) is 9.87. The number of fused-ring (bicyclic) bond motifs is 3. The Balaban J connectivity index is 1.94. The highest BCUT2D eigenvalue weighted by Gasteiger charge is 2.55. The third kappa shape index (κ3) is 2.23. The fourth-order valence-corrected chi connectivity index (χ4v) is 5.93. The van der Waals surface area contributed by atoms with Crippen LogP contribution in [0.1, 0.15) is 65.7 Å². The number of hydrogen-bond donors (Lipinski definition) is 1. The number of aliphatic hydroxyl groups is 1. The molecule has 2 saturated carbocycles. The van der Waals surface area contributed by atoms with Gasteiger partial charge < -0.3 is 5.11 Å². The average molecular weight is 288 g/mol. The third-order valence-electron chi connectivity index (χ3n) is 7.43. The second-order valence-corrected chi connectivity index (χ2v) is 8.87. The summed E-state index contributed by atoms with van der Waals surface area (Å²) in [7, 11) is 0. The maximum atomic E-state index is 9.99. The monoisotopic (exact) mass is 288 g/mol. The molecule has 0 heterocycles. The normalized spacial score (nSPS) is 49.8. The van der Waals surface area contributed by atoms with E-state index in [9.17, 15) is 5.11 Å². The van der Waals surface area contributed by atoms with Gasteiger partial charge in [0, 0.05) is 6.61 Å². The molecule has 118 valence electrons. The maximum Gasteiger partial charge on any atom is 0.0487 e. The Hall–Kier alpha value is -0.560. The number of aliphatic hydroxyl groups excluding tert-OH is 1. The van der Waals surface area contributed by atoms with E-state index in [2.05, 4.69) is 39.5 Å². The third-order valence-corrected chi connectivity index (χ3v) is 7.43. The van der Waals surface area contributed by atoms with Crippen LogP contribution in [0.3, 0.4) is 0 Å². The van der Waals surface area contributed by atoms with Crippen molar-refractivity contribution in [3.05, 3.63) is 24.3 Å². The molecule has 0 aromatic carbocycles. The minimum absolute atomic E-state index is 0.133. The summed E-state index contributed by atoms with van der Waals surface area (Å²) in [5.74, 6) is 1.40. The lowest BCUT2D eigenvalue weighted by Gasteiger charge is -2.59. The molecule has 0 spiro atoms. The molecule has 5 atom stereocenters. The lowest BCUT2D eigenvalue weighted by Crippen LogP contribution is -2.52. The molecular formula is C20H32O. The van der Waals surface area contributed by atoms with Gasteiger partial charge in [-0.25, -0.2) is 0 Å². The van der Waals surface area contributed by atoms with Gasteiger partial charge in [0.05, 0.1) is 0 Å². The van der Waals surface area contributed by atoms with E-state index in [1.807, 2.05) is 0 Å². The molecule has 1 unspecified atom stereocenters. The van der Waals surface area contributed by atoms with Gasteiger partial charge in [0.15, 0.2) is 0 Å². The van der Waals surface area contributed by atoms with Gasteiger partial charge in [0.1, 0.15) is 0 Å². The smallest absolute Gasteiger partial charge is 0.0487 e. The molecule has 3 aliphatic carbocycles. The number of hydrogen-bond acceptors (Lipinski definition) is 1. The van der Waals surface area contributed by atoms with Crippen molar-refractivity contribution in [3.63, 3.8) is 0 Å². The van der Waals surface area contributed by atoms with Crippen LogP contribution < -0.4 is 0 Å². The number of allylic oxidation sites excluding steroid dienone is 3. The molecule has 21 heavy (non-hydrogen) atoms. The van der Waals surface area contributed by atoms with Crippen molar-refractivity contribution < 1.29 is 5.11 Å². The van der Waals surface area contributed by atoms with Crippen LogP contribution in [0.15, 0.2) is 24.3 Å². The summed E-state index contributed by atoms with van der Waals surface area (Å²) >= 11 is 0. The predicted octanol–water partition coefficient (Wildman–Crippen LogP) is 5.11. The summed E-state index contributed by atoms with van der Waals surface area (Å²) in [5, 5.41) is 9.99. The van der Waals surface area contributed by atoms with E-state index in [1.165, 1.54) is 44.9 Å². The Labute approximate surface area is 130 Å². The second-order valence-electron chi connectivity index (χ2n) is 8.87. The van der Waals surface area contributed by atoms with Gasteiger partial charge in [-0.15, -0.1) is 6.58 Å². The SMILES string of the molecule is C=C[C@@]1(C)CC[C@H]2C(=CCC3[C@](C)(CO)CCC[C@@]32C)C1. The zero-order valence-corrected chi connectivity index (χ0v) is 14.1. The minimum atomic E-state index is 0.133. The minimum Gasteiger partial charge on any atom is -0.396 e. The van der Waals surface area contributed by atoms with Crippen LogP contribution in [0, 0.1) is 28.1 Å². The first-order valence-electron chi connectivity index (χ1n) is 8.80. The lowest BCUT2D eigenvalue weighted by atomic mass is 9.45. The van der Waals surface area contributed by atoms with E-state index in [0.29, 0.717) is 23.4 Å². The van der Waals surface area contributed by atoms with Crippen LogP contribution in [0.5, 0.6) is 0 Å². The first kappa shape index (κ1) is 15.3. The van der Waals surface area contributed by atoms with E-state index in [-0.39, 0.29) is 5.41 Å². The van der Waals surface area contributed by atoms with Crippen molar-refractivity contribution in [2.45, 2.75) is 65.7 Å². The standard InChI is InChI=1S/C20H32O/c1-5-18(2)12-9-16-15(13-18)7-8-17-19(3,14-21)10-6-11-20(16,17)4/h5,7,16-17,21H,1,6,8-14H2,2-4H3/t16-,17?,18-,19-,20+/m0/s1. The molecule has 1 nitrogen and oxygen atoms in total. The highest BCUT2D eigenvalue weighted by molar-refractivity contribution is 5.25. The lowest BCUT2D eigenvalue weighted by molar-refractivity contribution is -0.0805. The summed E-state index contributed by atoms with van der Waals surface area (Å²) < 4.78 is 0. The highest BCUT2D eigenvalue weighted by Crippen LogP contribution is 2.63. The van der Waals surface area contributed by atoms with E-state index in [1.54, 1.807) is 5.57 Å². The molecule has 3 rings (SSSR count). The van der Waals surface area contributed by atoms with Crippen molar-refractivity contribution in [1.82, 2.24) is 0 Å². The topological polar surface area (TPSA) is 20.2 Å². The van der Waals surface area contributed by atoms with Crippen LogP contribution in [0.4, 0.5) is 0 Å². The van der Waals surface area contributed by atoms with Gasteiger partial charge in [0.25, 0.3) is 0 Å². The van der Waals surface area contributed by atoms with Gasteiger partial charge in [-0.05, 0) is 66.6 Å². The molecule has 0 aromatic heterocycles. The van der Waals surface area contributed by atoms with Gasteiger partial charge in [-0.3, -0.25) is 0 Å². The van der Waals surface area contributed by atoms with Crippen molar-refractivity contribution in [2.24, 2.45) is 28.1 Å². The molecule has 3 aliphatic rings. The van der Waals surface area contributed by atoms with Crippen LogP contribution in [-0.4, -0.2) is 11.7 Å². The molecule has 0 aliphatic heterocycles. The first-order valence-corrected chi connectivity index (χ1v) is 8.80. The van der Waals surface area contributed by atoms with Gasteiger partial charge >= 0.3 is 0 Å². The highest BCUT2D eigenvalue weighted by atomic mass is 16.3. The molecule has 1 heteroatoms. The zero-order chi connectivity index (χ0) is 15.3. The Morgan fingerprint density at radius 2 is 2.05 bits per heavy atom. The van der Waals surface area contributed by atoms with E-state index >= 15 is 0 Å². The van der Waals surface area contributed by atoms with Crippen LogP contribution >= 0.6 is 0 Å². The fourth-order valence-electron chi connectivity index (χ4n) is 5.93. The maximum absolute atomic E-state index is 9.99. The average Bonchev–Trinajstić information content (AvgIpc) is 2.46. The second kappa shape index (κ2) is 4.98. The molecule has 0 bridgehead atoms. The zero-order valence-electron chi connectivity index (χ0n) is 14.1. The van der Waals surface area contributed by atoms with Gasteiger partial charge in [0.2, 0.25) is 0 Å². The summed E-state index contributed by atoms with van der Waals surface area (Å²) in [6.45, 7) is 11.6. The molecular weight excluding hydrogens is 256 g/mol. The molecule has 0 aromatic rings. The van der Waals surface area contributed by atoms with Crippen LogP contribution in [-0.2, 0) is 0 Å². The predicted molar refractivity (Wildman–Crippen MR) is 89.0 cm³/mol. The van der Waals surface area contributed by atoms with Crippen LogP contribution in [0.2, 0.25) is 0 Å². The van der Waals surface area contributed by atoms with E-state index in [0.717, 1.165) is 5.92 Å². The van der Waals surface area contributed by atoms with Crippen molar-refractivity contribution in [3.8, 4) is 0 Å². The Morgan fingerprint density at radius 3 is 2.71 bits per heavy atom. The van der Waals surface area contributed by atoms with Crippen LogP contribution in [0.25, 0.3) is 0 Å².